The van der Waals surface area contributed by atoms with Crippen LogP contribution in [-0.2, 0) is 22.5 Å². The summed E-state index contributed by atoms with van der Waals surface area (Å²) in [6, 6.07) is 0. The molecule has 3 heterocycles. The van der Waals surface area contributed by atoms with Gasteiger partial charge in [0.2, 0.25) is 5.91 Å². The van der Waals surface area contributed by atoms with Gasteiger partial charge in [-0.3, -0.25) is 9.69 Å². The number of amides is 1. The molecule has 4 rings (SSSR count). The van der Waals surface area contributed by atoms with Crippen molar-refractivity contribution in [3.05, 3.63) is 17.7 Å². The molecule has 28 heavy (non-hydrogen) atoms. The molecule has 2 aliphatic heterocycles. The van der Waals surface area contributed by atoms with Crippen molar-refractivity contribution in [1.29, 1.82) is 0 Å². The van der Waals surface area contributed by atoms with E-state index >= 15 is 0 Å². The zero-order chi connectivity index (χ0) is 19.3. The Kier molecular flexibility index (Phi) is 6.68. The van der Waals surface area contributed by atoms with Gasteiger partial charge in [0, 0.05) is 70.0 Å². The lowest BCUT2D eigenvalue weighted by molar-refractivity contribution is -0.136. The second-order valence-corrected chi connectivity index (χ2v) is 8.80. The van der Waals surface area contributed by atoms with Crippen molar-refractivity contribution >= 4 is 5.91 Å². The third kappa shape index (κ3) is 4.43. The minimum absolute atomic E-state index is 0.133. The Labute approximate surface area is 169 Å². The van der Waals surface area contributed by atoms with Crippen LogP contribution in [0.5, 0.6) is 0 Å². The maximum absolute atomic E-state index is 13.2. The van der Waals surface area contributed by atoms with Crippen LogP contribution in [0.3, 0.4) is 0 Å². The number of carbonyl (C=O) groups excluding carboxylic acids is 1. The van der Waals surface area contributed by atoms with Gasteiger partial charge in [-0.15, -0.1) is 0 Å². The maximum atomic E-state index is 13.2. The number of methoxy groups -OCH3 is 1. The Hall–Kier alpha value is -1.40. The molecule has 1 saturated heterocycles. The van der Waals surface area contributed by atoms with Gasteiger partial charge >= 0.3 is 0 Å². The summed E-state index contributed by atoms with van der Waals surface area (Å²) >= 11 is 0. The lowest BCUT2D eigenvalue weighted by Gasteiger charge is -2.31. The molecular weight excluding hydrogens is 352 g/mol. The van der Waals surface area contributed by atoms with Crippen LogP contribution < -0.4 is 0 Å². The van der Waals surface area contributed by atoms with E-state index in [9.17, 15) is 4.79 Å². The topological polar surface area (TPSA) is 50.6 Å². The highest BCUT2D eigenvalue weighted by Gasteiger charge is 2.32. The van der Waals surface area contributed by atoms with Crippen molar-refractivity contribution in [1.82, 2.24) is 19.4 Å². The first-order chi connectivity index (χ1) is 13.8. The number of hydrogen-bond donors (Lipinski definition) is 0. The van der Waals surface area contributed by atoms with Crippen LogP contribution in [0.15, 0.2) is 6.20 Å². The van der Waals surface area contributed by atoms with Crippen molar-refractivity contribution in [2.45, 2.75) is 63.8 Å². The van der Waals surface area contributed by atoms with E-state index in [-0.39, 0.29) is 5.92 Å². The SMILES string of the molecule is COCCN1CCCN(C(=O)C2CCn3c(cnc3C3CCCCC3)C2)CC1. The van der Waals surface area contributed by atoms with Gasteiger partial charge in [-0.2, -0.15) is 0 Å². The number of imidazole rings is 1. The fraction of sp³-hybridized carbons (Fsp3) is 0.818. The van der Waals surface area contributed by atoms with E-state index in [0.29, 0.717) is 11.8 Å². The molecule has 0 spiro atoms. The van der Waals surface area contributed by atoms with Gasteiger partial charge in [0.15, 0.2) is 0 Å². The molecule has 0 bridgehead atoms. The van der Waals surface area contributed by atoms with E-state index in [4.69, 9.17) is 9.72 Å². The lowest BCUT2D eigenvalue weighted by atomic mass is 9.88. The smallest absolute Gasteiger partial charge is 0.226 e. The molecular formula is C22H36N4O2. The Bertz CT molecular complexity index is 653. The van der Waals surface area contributed by atoms with Crippen LogP contribution in [0.25, 0.3) is 0 Å². The highest BCUT2D eigenvalue weighted by Crippen LogP contribution is 2.34. The van der Waals surface area contributed by atoms with Crippen molar-refractivity contribution in [2.24, 2.45) is 5.92 Å². The van der Waals surface area contributed by atoms with E-state index in [1.165, 1.54) is 43.6 Å². The minimum atomic E-state index is 0.133. The molecule has 2 fully saturated rings. The molecule has 3 aliphatic rings. The van der Waals surface area contributed by atoms with Crippen molar-refractivity contribution in [3.8, 4) is 0 Å². The van der Waals surface area contributed by atoms with Gasteiger partial charge in [-0.05, 0) is 32.2 Å². The average Bonchev–Trinajstić information content (AvgIpc) is 3.02. The summed E-state index contributed by atoms with van der Waals surface area (Å²) in [7, 11) is 1.75. The molecule has 1 aromatic rings. The summed E-state index contributed by atoms with van der Waals surface area (Å²) in [5, 5.41) is 0. The fourth-order valence-electron chi connectivity index (χ4n) is 5.28. The third-order valence-electron chi connectivity index (χ3n) is 6.96. The Morgan fingerprint density at radius 1 is 1.07 bits per heavy atom. The zero-order valence-corrected chi connectivity index (χ0v) is 17.4. The van der Waals surface area contributed by atoms with Crippen LogP contribution in [0.1, 0.15) is 62.4 Å². The lowest BCUT2D eigenvalue weighted by Crippen LogP contribution is -2.41. The predicted molar refractivity (Wildman–Crippen MR) is 109 cm³/mol. The third-order valence-corrected chi connectivity index (χ3v) is 6.96. The van der Waals surface area contributed by atoms with Crippen LogP contribution >= 0.6 is 0 Å². The summed E-state index contributed by atoms with van der Waals surface area (Å²) in [5.41, 5.74) is 1.28. The van der Waals surface area contributed by atoms with Gasteiger partial charge in [0.1, 0.15) is 5.82 Å². The molecule has 6 nitrogen and oxygen atoms in total. The molecule has 1 aliphatic carbocycles. The standard InChI is InChI=1S/C22H36N4O2/c1-28-15-14-24-9-5-10-25(13-12-24)22(27)19-8-11-26-20(16-19)17-23-21(26)18-6-3-2-4-7-18/h17-19H,2-16H2,1H3. The summed E-state index contributed by atoms with van der Waals surface area (Å²) in [6.45, 7) is 6.47. The fourth-order valence-corrected chi connectivity index (χ4v) is 5.28. The number of fused-ring (bicyclic) bond motifs is 1. The summed E-state index contributed by atoms with van der Waals surface area (Å²) in [6.07, 6.45) is 11.6. The molecule has 1 saturated carbocycles. The number of nitrogens with zero attached hydrogens (tertiary/aromatic N) is 4. The monoisotopic (exact) mass is 388 g/mol. The number of rotatable bonds is 5. The van der Waals surface area contributed by atoms with E-state index in [1.54, 1.807) is 7.11 Å². The Morgan fingerprint density at radius 2 is 1.93 bits per heavy atom. The van der Waals surface area contributed by atoms with Gasteiger partial charge in [0.25, 0.3) is 0 Å². The quantitative estimate of drug-likeness (QED) is 0.778. The number of aromatic nitrogens is 2. The first-order valence-corrected chi connectivity index (χ1v) is 11.3. The van der Waals surface area contributed by atoms with Gasteiger partial charge in [-0.1, -0.05) is 19.3 Å². The highest BCUT2D eigenvalue weighted by atomic mass is 16.5. The van der Waals surface area contributed by atoms with Gasteiger partial charge in [-0.25, -0.2) is 4.98 Å². The van der Waals surface area contributed by atoms with E-state index in [0.717, 1.165) is 65.1 Å². The maximum Gasteiger partial charge on any atom is 0.226 e. The van der Waals surface area contributed by atoms with Crippen LogP contribution in [0, 0.1) is 5.92 Å². The van der Waals surface area contributed by atoms with Crippen LogP contribution in [0.4, 0.5) is 0 Å². The Balaban J connectivity index is 1.35. The normalized spacial score (nSPS) is 24.8. The molecule has 6 heteroatoms. The first-order valence-electron chi connectivity index (χ1n) is 11.3. The number of ether oxygens (including phenoxy) is 1. The minimum Gasteiger partial charge on any atom is -0.383 e. The summed E-state index contributed by atoms with van der Waals surface area (Å²) in [4.78, 5) is 22.5. The second-order valence-electron chi connectivity index (χ2n) is 8.80. The van der Waals surface area contributed by atoms with E-state index in [2.05, 4.69) is 20.6 Å². The molecule has 1 aromatic heterocycles. The molecule has 1 atom stereocenters. The predicted octanol–water partition coefficient (Wildman–Crippen LogP) is 2.67. The molecule has 1 amide bonds. The zero-order valence-electron chi connectivity index (χ0n) is 17.4. The van der Waals surface area contributed by atoms with Crippen LogP contribution in [0.2, 0.25) is 0 Å². The molecule has 0 N–H and O–H groups in total. The largest absolute Gasteiger partial charge is 0.383 e. The van der Waals surface area contributed by atoms with Gasteiger partial charge < -0.3 is 14.2 Å². The number of carbonyl (C=O) groups is 1. The van der Waals surface area contributed by atoms with Crippen molar-refractivity contribution in [2.75, 3.05) is 46.4 Å². The molecule has 156 valence electrons. The average molecular weight is 389 g/mol. The van der Waals surface area contributed by atoms with Crippen LogP contribution in [-0.4, -0.2) is 71.7 Å². The number of hydrogen-bond acceptors (Lipinski definition) is 4. The molecule has 1 unspecified atom stereocenters. The second kappa shape index (κ2) is 9.40. The summed E-state index contributed by atoms with van der Waals surface area (Å²) < 4.78 is 7.64. The van der Waals surface area contributed by atoms with Crippen molar-refractivity contribution < 1.29 is 9.53 Å². The summed E-state index contributed by atoms with van der Waals surface area (Å²) in [5.74, 6) is 2.43. The van der Waals surface area contributed by atoms with Crippen molar-refractivity contribution in [3.63, 3.8) is 0 Å². The van der Waals surface area contributed by atoms with E-state index in [1.807, 2.05) is 0 Å². The molecule has 0 aromatic carbocycles. The Morgan fingerprint density at radius 3 is 2.75 bits per heavy atom. The van der Waals surface area contributed by atoms with E-state index < -0.39 is 0 Å². The van der Waals surface area contributed by atoms with Gasteiger partial charge in [0.05, 0.1) is 6.61 Å². The highest BCUT2D eigenvalue weighted by molar-refractivity contribution is 5.79. The molecule has 0 radical (unpaired) electrons. The first kappa shape index (κ1) is 19.9.